The summed E-state index contributed by atoms with van der Waals surface area (Å²) in [6.07, 6.45) is -4.42. The van der Waals surface area contributed by atoms with Crippen molar-refractivity contribution in [1.29, 1.82) is 0 Å². The van der Waals surface area contributed by atoms with E-state index < -0.39 is 17.6 Å². The first-order valence-electron chi connectivity index (χ1n) is 9.11. The molecule has 0 unspecified atom stereocenters. The number of halogens is 4. The first kappa shape index (κ1) is 26.1. The Morgan fingerprint density at radius 2 is 1.73 bits per heavy atom. The van der Waals surface area contributed by atoms with Crippen LogP contribution in [0.5, 0.6) is 0 Å². The molecule has 3 N–H and O–H groups in total. The molecule has 0 aliphatic rings. The van der Waals surface area contributed by atoms with Gasteiger partial charge >= 0.3 is 6.18 Å². The Morgan fingerprint density at radius 3 is 2.27 bits per heavy atom. The van der Waals surface area contributed by atoms with Crippen LogP contribution in [0, 0.1) is 13.8 Å². The second-order valence-corrected chi connectivity index (χ2v) is 7.48. The second-order valence-electron chi connectivity index (χ2n) is 6.19. The molecule has 1 heterocycles. The third kappa shape index (κ3) is 8.09. The zero-order valence-electron chi connectivity index (χ0n) is 16.9. The third-order valence-corrected chi connectivity index (χ3v) is 4.96. The van der Waals surface area contributed by atoms with E-state index in [0.717, 1.165) is 39.8 Å². The number of rotatable bonds is 7. The second kappa shape index (κ2) is 12.1. The number of thiazole rings is 1. The molecule has 2 aromatic rings. The molecule has 0 aliphatic carbocycles. The van der Waals surface area contributed by atoms with E-state index in [1.807, 2.05) is 20.8 Å². The Morgan fingerprint density at radius 1 is 1.10 bits per heavy atom. The summed E-state index contributed by atoms with van der Waals surface area (Å²) in [5, 5.41) is 9.90. The zero-order valence-corrected chi connectivity index (χ0v) is 20.0. The molecule has 2 rings (SSSR count). The van der Waals surface area contributed by atoms with Crippen molar-refractivity contribution in [3.8, 4) is 0 Å². The molecule has 6 nitrogen and oxygen atoms in total. The van der Waals surface area contributed by atoms with Gasteiger partial charge in [0, 0.05) is 30.1 Å². The van der Waals surface area contributed by atoms with Crippen LogP contribution in [-0.4, -0.2) is 36.5 Å². The number of amides is 1. The minimum Gasteiger partial charge on any atom is -0.357 e. The zero-order chi connectivity index (χ0) is 21.4. The Labute approximate surface area is 194 Å². The highest BCUT2D eigenvalue weighted by Crippen LogP contribution is 2.29. The molecule has 0 aliphatic heterocycles. The van der Waals surface area contributed by atoms with E-state index in [4.69, 9.17) is 0 Å². The molecule has 0 radical (unpaired) electrons. The molecule has 0 fully saturated rings. The van der Waals surface area contributed by atoms with Gasteiger partial charge in [-0.05, 0) is 45.0 Å². The van der Waals surface area contributed by atoms with E-state index in [0.29, 0.717) is 32.1 Å². The Balaban J connectivity index is 0.00000450. The van der Waals surface area contributed by atoms with Crippen molar-refractivity contribution in [3.05, 3.63) is 51.0 Å². The van der Waals surface area contributed by atoms with Gasteiger partial charge in [0.2, 0.25) is 0 Å². The fraction of sp³-hybridized carbons (Fsp3) is 0.421. The van der Waals surface area contributed by atoms with E-state index in [1.54, 1.807) is 11.3 Å². The molecule has 0 bridgehead atoms. The highest BCUT2D eigenvalue weighted by Gasteiger charge is 2.30. The maximum atomic E-state index is 12.6. The summed E-state index contributed by atoms with van der Waals surface area (Å²) in [5.41, 5.74) is 0.360. The number of aliphatic imine (C=N–C) groups is 1. The summed E-state index contributed by atoms with van der Waals surface area (Å²) < 4.78 is 37.7. The highest BCUT2D eigenvalue weighted by molar-refractivity contribution is 14.0. The van der Waals surface area contributed by atoms with Crippen molar-refractivity contribution in [2.75, 3.05) is 19.6 Å². The smallest absolute Gasteiger partial charge is 0.357 e. The molecule has 0 spiro atoms. The number of nitrogens with one attached hydrogen (secondary N) is 3. The van der Waals surface area contributed by atoms with Crippen LogP contribution in [0.25, 0.3) is 0 Å². The molecule has 11 heteroatoms. The van der Waals surface area contributed by atoms with Crippen molar-refractivity contribution < 1.29 is 18.0 Å². The standard InChI is InChI=1S/C19H24F3N5OS.HI/c1-4-23-18(26-11-16-12(2)27-13(3)29-16)25-10-9-24-17(28)14-5-7-15(8-6-14)19(20,21)22;/h5-8H,4,9-11H2,1-3H3,(H,24,28)(H2,23,25,26);1H. The van der Waals surface area contributed by atoms with Crippen LogP contribution in [0.1, 0.15) is 38.4 Å². The first-order chi connectivity index (χ1) is 13.7. The summed E-state index contributed by atoms with van der Waals surface area (Å²) in [7, 11) is 0. The number of hydrogen-bond acceptors (Lipinski definition) is 4. The van der Waals surface area contributed by atoms with Crippen LogP contribution in [0.2, 0.25) is 0 Å². The molecule has 0 atom stereocenters. The van der Waals surface area contributed by atoms with Gasteiger partial charge in [-0.3, -0.25) is 4.79 Å². The lowest BCUT2D eigenvalue weighted by molar-refractivity contribution is -0.137. The predicted molar refractivity (Wildman–Crippen MR) is 124 cm³/mol. The lowest BCUT2D eigenvalue weighted by atomic mass is 10.1. The number of alkyl halides is 3. The Hall–Kier alpha value is -1.89. The topological polar surface area (TPSA) is 78.4 Å². The molecule has 166 valence electrons. The summed E-state index contributed by atoms with van der Waals surface area (Å²) >= 11 is 1.61. The molecule has 30 heavy (non-hydrogen) atoms. The lowest BCUT2D eigenvalue weighted by Crippen LogP contribution is -2.41. The SMILES string of the molecule is CCNC(=NCc1sc(C)nc1C)NCCNC(=O)c1ccc(C(F)(F)F)cc1.I. The largest absolute Gasteiger partial charge is 0.416 e. The normalized spacial score (nSPS) is 11.6. The van der Waals surface area contributed by atoms with Crippen molar-refractivity contribution >= 4 is 47.2 Å². The van der Waals surface area contributed by atoms with Gasteiger partial charge in [0.05, 0.1) is 22.8 Å². The van der Waals surface area contributed by atoms with Gasteiger partial charge in [0.15, 0.2) is 5.96 Å². The molecule has 0 saturated heterocycles. The number of carbonyl (C=O) groups excluding carboxylic acids is 1. The monoisotopic (exact) mass is 555 g/mol. The van der Waals surface area contributed by atoms with Gasteiger partial charge < -0.3 is 16.0 Å². The van der Waals surface area contributed by atoms with Gasteiger partial charge in [-0.25, -0.2) is 9.98 Å². The summed E-state index contributed by atoms with van der Waals surface area (Å²) in [5.74, 6) is 0.181. The maximum Gasteiger partial charge on any atom is 0.416 e. The van der Waals surface area contributed by atoms with Crippen LogP contribution in [0.3, 0.4) is 0 Å². The molecule has 1 aromatic carbocycles. The average Bonchev–Trinajstić information content (AvgIpc) is 2.99. The van der Waals surface area contributed by atoms with E-state index in [2.05, 4.69) is 25.9 Å². The quantitative estimate of drug-likeness (QED) is 0.210. The van der Waals surface area contributed by atoms with Crippen LogP contribution in [0.15, 0.2) is 29.3 Å². The number of carbonyl (C=O) groups is 1. The number of guanidine groups is 1. The van der Waals surface area contributed by atoms with Crippen LogP contribution >= 0.6 is 35.3 Å². The van der Waals surface area contributed by atoms with Gasteiger partial charge in [0.25, 0.3) is 5.91 Å². The number of nitrogens with zero attached hydrogens (tertiary/aromatic N) is 2. The van der Waals surface area contributed by atoms with E-state index in [9.17, 15) is 18.0 Å². The van der Waals surface area contributed by atoms with Crippen molar-refractivity contribution in [2.45, 2.75) is 33.5 Å². The van der Waals surface area contributed by atoms with Gasteiger partial charge in [-0.1, -0.05) is 0 Å². The summed E-state index contributed by atoms with van der Waals surface area (Å²) in [6.45, 7) is 7.75. The number of hydrogen-bond donors (Lipinski definition) is 3. The van der Waals surface area contributed by atoms with Gasteiger partial charge in [-0.15, -0.1) is 35.3 Å². The average molecular weight is 555 g/mol. The number of aryl methyl sites for hydroxylation is 2. The lowest BCUT2D eigenvalue weighted by Gasteiger charge is -2.12. The van der Waals surface area contributed by atoms with Crippen molar-refractivity contribution in [3.63, 3.8) is 0 Å². The van der Waals surface area contributed by atoms with Crippen LogP contribution in [-0.2, 0) is 12.7 Å². The Kier molecular flexibility index (Phi) is 10.5. The minimum absolute atomic E-state index is 0. The van der Waals surface area contributed by atoms with Crippen LogP contribution in [0.4, 0.5) is 13.2 Å². The van der Waals surface area contributed by atoms with Crippen molar-refractivity contribution in [1.82, 2.24) is 20.9 Å². The summed E-state index contributed by atoms with van der Waals surface area (Å²) in [4.78, 5) is 22.0. The molecular formula is C19H25F3IN5OS. The fourth-order valence-electron chi connectivity index (χ4n) is 2.48. The molecular weight excluding hydrogens is 530 g/mol. The van der Waals surface area contributed by atoms with Crippen LogP contribution < -0.4 is 16.0 Å². The Bertz CT molecular complexity index is 853. The molecule has 1 amide bonds. The van der Waals surface area contributed by atoms with E-state index in [1.165, 1.54) is 0 Å². The van der Waals surface area contributed by atoms with Crippen molar-refractivity contribution in [2.24, 2.45) is 4.99 Å². The predicted octanol–water partition coefficient (Wildman–Crippen LogP) is 3.88. The molecule has 1 aromatic heterocycles. The number of aromatic nitrogens is 1. The molecule has 0 saturated carbocycles. The minimum atomic E-state index is -4.42. The highest BCUT2D eigenvalue weighted by atomic mass is 127. The fourth-order valence-corrected chi connectivity index (χ4v) is 3.34. The van der Waals surface area contributed by atoms with Gasteiger partial charge in [0.1, 0.15) is 0 Å². The first-order valence-corrected chi connectivity index (χ1v) is 9.93. The number of benzene rings is 1. The third-order valence-electron chi connectivity index (χ3n) is 3.90. The van der Waals surface area contributed by atoms with E-state index >= 15 is 0 Å². The van der Waals surface area contributed by atoms with Gasteiger partial charge in [-0.2, -0.15) is 13.2 Å². The van der Waals surface area contributed by atoms with E-state index in [-0.39, 0.29) is 29.5 Å². The summed E-state index contributed by atoms with van der Waals surface area (Å²) in [6, 6.07) is 4.12. The maximum absolute atomic E-state index is 12.6.